The van der Waals surface area contributed by atoms with Gasteiger partial charge in [0.25, 0.3) is 5.91 Å². The predicted octanol–water partition coefficient (Wildman–Crippen LogP) is -0.680. The second-order valence-corrected chi connectivity index (χ2v) is 2.54. The Morgan fingerprint density at radius 2 is 2.29 bits per heavy atom. The van der Waals surface area contributed by atoms with Crippen molar-refractivity contribution in [1.29, 1.82) is 0 Å². The van der Waals surface area contributed by atoms with Crippen LogP contribution in [-0.4, -0.2) is 38.8 Å². The normalized spacial score (nSPS) is 9.71. The fraction of sp³-hybridized carbons (Fsp3) is 0.286. The van der Waals surface area contributed by atoms with Crippen molar-refractivity contribution in [2.45, 2.75) is 6.42 Å². The molecular weight excluding hydrogens is 190 g/mol. The van der Waals surface area contributed by atoms with E-state index in [2.05, 4.69) is 15.5 Å². The third-order valence-electron chi connectivity index (χ3n) is 1.43. The highest BCUT2D eigenvalue weighted by atomic mass is 16.4. The Morgan fingerprint density at radius 3 is 2.79 bits per heavy atom. The highest BCUT2D eigenvalue weighted by molar-refractivity contribution is 5.92. The van der Waals surface area contributed by atoms with Gasteiger partial charge < -0.3 is 15.5 Å². The average Bonchev–Trinajstić information content (AvgIpc) is 2.51. The number of H-pyrrole nitrogens is 1. The van der Waals surface area contributed by atoms with Crippen LogP contribution >= 0.6 is 0 Å². The summed E-state index contributed by atoms with van der Waals surface area (Å²) in [5, 5.41) is 25.0. The van der Waals surface area contributed by atoms with Crippen molar-refractivity contribution in [3.05, 3.63) is 11.8 Å². The van der Waals surface area contributed by atoms with E-state index in [9.17, 15) is 9.59 Å². The SMILES string of the molecule is O=C(O)CCNC(=O)c1cc(O)n[nH]1. The molecule has 76 valence electrons. The number of carbonyl (C=O) groups excluding carboxylic acids is 1. The number of aromatic hydroxyl groups is 1. The van der Waals surface area contributed by atoms with Crippen LogP contribution in [0.2, 0.25) is 0 Å². The van der Waals surface area contributed by atoms with Gasteiger partial charge in [0.05, 0.1) is 6.42 Å². The summed E-state index contributed by atoms with van der Waals surface area (Å²) in [4.78, 5) is 21.3. The maximum absolute atomic E-state index is 11.2. The molecule has 1 heterocycles. The van der Waals surface area contributed by atoms with E-state index in [4.69, 9.17) is 10.2 Å². The highest BCUT2D eigenvalue weighted by Gasteiger charge is 2.08. The van der Waals surface area contributed by atoms with Gasteiger partial charge in [0.2, 0.25) is 5.88 Å². The first-order valence-electron chi connectivity index (χ1n) is 3.84. The van der Waals surface area contributed by atoms with Crippen LogP contribution in [0, 0.1) is 0 Å². The molecule has 0 saturated carbocycles. The van der Waals surface area contributed by atoms with E-state index >= 15 is 0 Å². The molecule has 0 aliphatic rings. The number of carbonyl (C=O) groups is 2. The molecule has 0 saturated heterocycles. The molecular formula is C7H9N3O4. The van der Waals surface area contributed by atoms with E-state index in [-0.39, 0.29) is 24.5 Å². The number of rotatable bonds is 4. The van der Waals surface area contributed by atoms with Gasteiger partial charge in [-0.3, -0.25) is 14.7 Å². The average molecular weight is 199 g/mol. The monoisotopic (exact) mass is 199 g/mol. The first-order valence-corrected chi connectivity index (χ1v) is 3.84. The van der Waals surface area contributed by atoms with Gasteiger partial charge in [-0.1, -0.05) is 0 Å². The Bertz CT molecular complexity index is 346. The summed E-state index contributed by atoms with van der Waals surface area (Å²) in [6.45, 7) is 0.0357. The van der Waals surface area contributed by atoms with Gasteiger partial charge in [-0.2, -0.15) is 0 Å². The highest BCUT2D eigenvalue weighted by Crippen LogP contribution is 2.04. The topological polar surface area (TPSA) is 115 Å². The number of aromatic nitrogens is 2. The number of aromatic amines is 1. The van der Waals surface area contributed by atoms with Crippen molar-refractivity contribution in [3.63, 3.8) is 0 Å². The van der Waals surface area contributed by atoms with E-state index in [1.54, 1.807) is 0 Å². The molecule has 0 aliphatic heterocycles. The van der Waals surface area contributed by atoms with Crippen molar-refractivity contribution >= 4 is 11.9 Å². The number of nitrogens with one attached hydrogen (secondary N) is 2. The third-order valence-corrected chi connectivity index (χ3v) is 1.43. The lowest BCUT2D eigenvalue weighted by molar-refractivity contribution is -0.136. The molecule has 7 nitrogen and oxygen atoms in total. The minimum atomic E-state index is -0.988. The summed E-state index contributed by atoms with van der Waals surface area (Å²) < 4.78 is 0. The maximum Gasteiger partial charge on any atom is 0.305 e. The number of amides is 1. The van der Waals surface area contributed by atoms with E-state index in [1.165, 1.54) is 0 Å². The van der Waals surface area contributed by atoms with Crippen molar-refractivity contribution in [2.24, 2.45) is 0 Å². The van der Waals surface area contributed by atoms with Gasteiger partial charge in [0.1, 0.15) is 5.69 Å². The number of carboxylic acid groups (broad SMARTS) is 1. The zero-order chi connectivity index (χ0) is 10.6. The van der Waals surface area contributed by atoms with E-state index in [1.807, 2.05) is 0 Å². The van der Waals surface area contributed by atoms with Crippen molar-refractivity contribution < 1.29 is 19.8 Å². The molecule has 0 unspecified atom stereocenters. The molecule has 0 fully saturated rings. The Kier molecular flexibility index (Phi) is 3.05. The maximum atomic E-state index is 11.2. The zero-order valence-corrected chi connectivity index (χ0v) is 7.15. The standard InChI is InChI=1S/C7H9N3O4/c11-5-3-4(9-10-5)7(14)8-2-1-6(12)13/h3H,1-2H2,(H,8,14)(H,12,13)(H2,9,10,11). The number of nitrogens with zero attached hydrogens (tertiary/aromatic N) is 1. The molecule has 0 radical (unpaired) electrons. The van der Waals surface area contributed by atoms with Crippen LogP contribution in [0.5, 0.6) is 5.88 Å². The number of carboxylic acids is 1. The van der Waals surface area contributed by atoms with Crippen LogP contribution in [0.1, 0.15) is 16.9 Å². The Hall–Kier alpha value is -2.05. The van der Waals surface area contributed by atoms with E-state index in [0.29, 0.717) is 0 Å². The van der Waals surface area contributed by atoms with Crippen molar-refractivity contribution in [3.8, 4) is 5.88 Å². The van der Waals surface area contributed by atoms with Crippen molar-refractivity contribution in [1.82, 2.24) is 15.5 Å². The van der Waals surface area contributed by atoms with Gasteiger partial charge in [0.15, 0.2) is 0 Å². The molecule has 0 atom stereocenters. The molecule has 4 N–H and O–H groups in total. The van der Waals surface area contributed by atoms with Gasteiger partial charge in [-0.15, -0.1) is 5.10 Å². The smallest absolute Gasteiger partial charge is 0.305 e. The minimum Gasteiger partial charge on any atom is -0.492 e. The quantitative estimate of drug-likeness (QED) is 0.512. The van der Waals surface area contributed by atoms with Crippen LogP contribution in [0.15, 0.2) is 6.07 Å². The van der Waals surface area contributed by atoms with Crippen LogP contribution in [0.4, 0.5) is 0 Å². The second-order valence-electron chi connectivity index (χ2n) is 2.54. The lowest BCUT2D eigenvalue weighted by atomic mass is 10.3. The number of hydrogen-bond acceptors (Lipinski definition) is 4. The number of hydrogen-bond donors (Lipinski definition) is 4. The van der Waals surface area contributed by atoms with Gasteiger partial charge in [-0.25, -0.2) is 0 Å². The fourth-order valence-corrected chi connectivity index (χ4v) is 0.806. The molecule has 1 amide bonds. The predicted molar refractivity (Wildman–Crippen MR) is 44.8 cm³/mol. The van der Waals surface area contributed by atoms with Crippen LogP contribution < -0.4 is 5.32 Å². The molecule has 0 bridgehead atoms. The summed E-state index contributed by atoms with van der Waals surface area (Å²) in [5.74, 6) is -1.77. The summed E-state index contributed by atoms with van der Waals surface area (Å²) >= 11 is 0. The minimum absolute atomic E-state index is 0.0357. The third kappa shape index (κ3) is 2.77. The van der Waals surface area contributed by atoms with Crippen LogP contribution in [0.25, 0.3) is 0 Å². The first-order chi connectivity index (χ1) is 6.59. The fourth-order valence-electron chi connectivity index (χ4n) is 0.806. The Balaban J connectivity index is 2.39. The zero-order valence-electron chi connectivity index (χ0n) is 7.15. The molecule has 1 aromatic heterocycles. The van der Waals surface area contributed by atoms with Gasteiger partial charge in [-0.05, 0) is 0 Å². The number of aliphatic carboxylic acids is 1. The summed E-state index contributed by atoms with van der Waals surface area (Å²) in [7, 11) is 0. The van der Waals surface area contributed by atoms with Gasteiger partial charge >= 0.3 is 5.97 Å². The first kappa shape index (κ1) is 10.0. The molecule has 1 aromatic rings. The lowest BCUT2D eigenvalue weighted by Crippen LogP contribution is -2.26. The molecule has 14 heavy (non-hydrogen) atoms. The van der Waals surface area contributed by atoms with Crippen LogP contribution in [-0.2, 0) is 4.79 Å². The van der Waals surface area contributed by atoms with Gasteiger partial charge in [0, 0.05) is 12.6 Å². The summed E-state index contributed by atoms with van der Waals surface area (Å²) in [6.07, 6.45) is -0.147. The lowest BCUT2D eigenvalue weighted by Gasteiger charge is -1.99. The Morgan fingerprint density at radius 1 is 1.57 bits per heavy atom. The van der Waals surface area contributed by atoms with E-state index in [0.717, 1.165) is 6.07 Å². The summed E-state index contributed by atoms with van der Waals surface area (Å²) in [6, 6.07) is 1.15. The summed E-state index contributed by atoms with van der Waals surface area (Å²) in [5.41, 5.74) is 0.0906. The largest absolute Gasteiger partial charge is 0.492 e. The molecule has 7 heteroatoms. The van der Waals surface area contributed by atoms with Crippen molar-refractivity contribution in [2.75, 3.05) is 6.54 Å². The second kappa shape index (κ2) is 4.26. The molecule has 0 aromatic carbocycles. The Labute approximate surface area is 78.7 Å². The van der Waals surface area contributed by atoms with E-state index < -0.39 is 11.9 Å². The van der Waals surface area contributed by atoms with Crippen LogP contribution in [0.3, 0.4) is 0 Å². The molecule has 0 aliphatic carbocycles. The molecule has 0 spiro atoms. The molecule has 1 rings (SSSR count).